The van der Waals surface area contributed by atoms with E-state index in [0.717, 1.165) is 4.90 Å². The van der Waals surface area contributed by atoms with Crippen LogP contribution in [0.25, 0.3) is 0 Å². The van der Waals surface area contributed by atoms with Gasteiger partial charge in [0.05, 0.1) is 10.9 Å². The van der Waals surface area contributed by atoms with Gasteiger partial charge in [0, 0.05) is 22.6 Å². The highest BCUT2D eigenvalue weighted by atomic mass is 32.2. The number of rotatable bonds is 3. The molecular weight excluding hydrogens is 315 g/mol. The summed E-state index contributed by atoms with van der Waals surface area (Å²) in [4.78, 5) is 24.9. The van der Waals surface area contributed by atoms with Gasteiger partial charge in [-0.15, -0.1) is 11.8 Å². The molecule has 0 fully saturated rings. The van der Waals surface area contributed by atoms with E-state index in [1.807, 2.05) is 13.0 Å². The van der Waals surface area contributed by atoms with Crippen molar-refractivity contribution in [3.63, 3.8) is 0 Å². The van der Waals surface area contributed by atoms with E-state index in [0.29, 0.717) is 16.8 Å². The molecule has 0 saturated heterocycles. The van der Waals surface area contributed by atoms with Gasteiger partial charge in [0.2, 0.25) is 5.91 Å². The third kappa shape index (κ3) is 3.37. The predicted molar refractivity (Wildman–Crippen MR) is 88.0 cm³/mol. The molecule has 1 aliphatic rings. The molecule has 1 atom stereocenters. The molecule has 0 aromatic heterocycles. The van der Waals surface area contributed by atoms with Gasteiger partial charge in [-0.25, -0.2) is 4.39 Å². The summed E-state index contributed by atoms with van der Waals surface area (Å²) in [5, 5.41) is 5.32. The molecule has 23 heavy (non-hydrogen) atoms. The first-order valence-electron chi connectivity index (χ1n) is 7.18. The summed E-state index contributed by atoms with van der Waals surface area (Å²) in [5.74, 6) is -0.740. The molecule has 1 aliphatic heterocycles. The van der Waals surface area contributed by atoms with Crippen LogP contribution in [-0.4, -0.2) is 17.1 Å². The lowest BCUT2D eigenvalue weighted by molar-refractivity contribution is -0.115. The van der Waals surface area contributed by atoms with Crippen molar-refractivity contribution < 1.29 is 14.0 Å². The van der Waals surface area contributed by atoms with E-state index in [2.05, 4.69) is 10.6 Å². The molecule has 3 rings (SSSR count). The lowest BCUT2D eigenvalue weighted by atomic mass is 10.1. The van der Waals surface area contributed by atoms with Crippen LogP contribution in [0.4, 0.5) is 10.1 Å². The van der Waals surface area contributed by atoms with E-state index in [1.165, 1.54) is 17.8 Å². The molecule has 4 nitrogen and oxygen atoms in total. The fraction of sp³-hybridized carbons (Fsp3) is 0.176. The molecule has 0 radical (unpaired) electrons. The Morgan fingerprint density at radius 1 is 1.30 bits per heavy atom. The summed E-state index contributed by atoms with van der Waals surface area (Å²) in [6.45, 7) is 1.94. The summed E-state index contributed by atoms with van der Waals surface area (Å²) in [6.07, 6.45) is 0. The van der Waals surface area contributed by atoms with Crippen molar-refractivity contribution in [2.45, 2.75) is 23.6 Å². The smallest absolute Gasteiger partial charge is 0.251 e. The monoisotopic (exact) mass is 330 g/mol. The minimum atomic E-state index is -0.351. The highest BCUT2D eigenvalue weighted by molar-refractivity contribution is 8.00. The normalized spacial score (nSPS) is 16.4. The van der Waals surface area contributed by atoms with Crippen LogP contribution in [0.2, 0.25) is 0 Å². The van der Waals surface area contributed by atoms with E-state index in [9.17, 15) is 14.0 Å². The maximum atomic E-state index is 13.5. The Kier molecular flexibility index (Phi) is 4.34. The third-order valence-corrected chi connectivity index (χ3v) is 4.75. The largest absolute Gasteiger partial charge is 0.348 e. The molecule has 2 aromatic rings. The average molecular weight is 330 g/mol. The van der Waals surface area contributed by atoms with Crippen LogP contribution in [0.5, 0.6) is 0 Å². The number of carbonyl (C=O) groups is 2. The van der Waals surface area contributed by atoms with Crippen molar-refractivity contribution >= 4 is 29.3 Å². The second-order valence-electron chi connectivity index (χ2n) is 5.23. The first-order valence-corrected chi connectivity index (χ1v) is 8.06. The molecule has 2 N–H and O–H groups in total. The number of anilines is 1. The number of fused-ring (bicyclic) bond motifs is 1. The maximum Gasteiger partial charge on any atom is 0.251 e. The molecule has 2 amide bonds. The Bertz CT molecular complexity index is 779. The number of carbonyl (C=O) groups excluding carboxylic acids is 2. The SMILES string of the molecule is C[C@H]1Sc2ccc(C(=O)NCc3ccccc3F)cc2NC1=O. The summed E-state index contributed by atoms with van der Waals surface area (Å²) in [5.41, 5.74) is 1.49. The van der Waals surface area contributed by atoms with E-state index in [1.54, 1.807) is 30.3 Å². The van der Waals surface area contributed by atoms with Crippen molar-refractivity contribution in [3.8, 4) is 0 Å². The van der Waals surface area contributed by atoms with Crippen LogP contribution < -0.4 is 10.6 Å². The molecule has 1 heterocycles. The van der Waals surface area contributed by atoms with Gasteiger partial charge in [0.1, 0.15) is 5.82 Å². The first kappa shape index (κ1) is 15.6. The van der Waals surface area contributed by atoms with E-state index in [-0.39, 0.29) is 29.4 Å². The molecule has 2 aromatic carbocycles. The molecule has 0 spiro atoms. The van der Waals surface area contributed by atoms with Crippen molar-refractivity contribution in [1.82, 2.24) is 5.32 Å². The van der Waals surface area contributed by atoms with Crippen LogP contribution in [-0.2, 0) is 11.3 Å². The van der Waals surface area contributed by atoms with E-state index >= 15 is 0 Å². The lowest BCUT2D eigenvalue weighted by Gasteiger charge is -2.21. The van der Waals surface area contributed by atoms with Crippen molar-refractivity contribution in [2.24, 2.45) is 0 Å². The van der Waals surface area contributed by atoms with Gasteiger partial charge >= 0.3 is 0 Å². The van der Waals surface area contributed by atoms with Gasteiger partial charge in [-0.1, -0.05) is 18.2 Å². The van der Waals surface area contributed by atoms with Gasteiger partial charge < -0.3 is 10.6 Å². The first-order chi connectivity index (χ1) is 11.0. The molecule has 6 heteroatoms. The third-order valence-electron chi connectivity index (χ3n) is 3.57. The topological polar surface area (TPSA) is 58.2 Å². The van der Waals surface area contributed by atoms with Crippen LogP contribution in [0.1, 0.15) is 22.8 Å². The van der Waals surface area contributed by atoms with Crippen LogP contribution in [0.15, 0.2) is 47.4 Å². The minimum absolute atomic E-state index is 0.0774. The Morgan fingerprint density at radius 3 is 2.87 bits per heavy atom. The molecule has 0 unspecified atom stereocenters. The Morgan fingerprint density at radius 2 is 2.09 bits per heavy atom. The van der Waals surface area contributed by atoms with Crippen molar-refractivity contribution in [3.05, 3.63) is 59.4 Å². The summed E-state index contributed by atoms with van der Waals surface area (Å²) in [6, 6.07) is 11.5. The Hall–Kier alpha value is -2.34. The van der Waals surface area contributed by atoms with Gasteiger partial charge in [-0.05, 0) is 31.2 Å². The van der Waals surface area contributed by atoms with Crippen LogP contribution in [0, 0.1) is 5.82 Å². The number of nitrogens with one attached hydrogen (secondary N) is 2. The van der Waals surface area contributed by atoms with Gasteiger partial charge in [-0.2, -0.15) is 0 Å². The zero-order chi connectivity index (χ0) is 16.4. The van der Waals surface area contributed by atoms with Gasteiger partial charge in [0.15, 0.2) is 0 Å². The fourth-order valence-electron chi connectivity index (χ4n) is 2.27. The molecular formula is C17H15FN2O2S. The molecule has 0 bridgehead atoms. The number of halogens is 1. The predicted octanol–water partition coefficient (Wildman–Crippen LogP) is 3.19. The van der Waals surface area contributed by atoms with E-state index in [4.69, 9.17) is 0 Å². The van der Waals surface area contributed by atoms with Crippen molar-refractivity contribution in [1.29, 1.82) is 0 Å². The number of hydrogen-bond acceptors (Lipinski definition) is 3. The zero-order valence-electron chi connectivity index (χ0n) is 12.4. The Labute approximate surface area is 137 Å². The highest BCUT2D eigenvalue weighted by Gasteiger charge is 2.23. The second-order valence-corrected chi connectivity index (χ2v) is 6.62. The number of hydrogen-bond donors (Lipinski definition) is 2. The zero-order valence-corrected chi connectivity index (χ0v) is 13.2. The summed E-state index contributed by atoms with van der Waals surface area (Å²) >= 11 is 1.46. The summed E-state index contributed by atoms with van der Waals surface area (Å²) in [7, 11) is 0. The number of benzene rings is 2. The molecule has 0 saturated carbocycles. The van der Waals surface area contributed by atoms with Crippen LogP contribution >= 0.6 is 11.8 Å². The minimum Gasteiger partial charge on any atom is -0.348 e. The highest BCUT2D eigenvalue weighted by Crippen LogP contribution is 2.35. The quantitative estimate of drug-likeness (QED) is 0.909. The standard InChI is InChI=1S/C17H15FN2O2S/c1-10-16(21)20-14-8-11(6-7-15(14)23-10)17(22)19-9-12-4-2-3-5-13(12)18/h2-8,10H,9H2,1H3,(H,19,22)(H,20,21)/t10-/m1/s1. The number of thioether (sulfide) groups is 1. The van der Waals surface area contributed by atoms with E-state index < -0.39 is 0 Å². The average Bonchev–Trinajstić information content (AvgIpc) is 2.54. The van der Waals surface area contributed by atoms with Crippen LogP contribution in [0.3, 0.4) is 0 Å². The number of amides is 2. The maximum absolute atomic E-state index is 13.5. The molecule has 118 valence electrons. The summed E-state index contributed by atoms with van der Waals surface area (Å²) < 4.78 is 13.5. The second kappa shape index (κ2) is 6.42. The van der Waals surface area contributed by atoms with Crippen molar-refractivity contribution in [2.75, 3.05) is 5.32 Å². The Balaban J connectivity index is 1.72. The van der Waals surface area contributed by atoms with Gasteiger partial charge in [-0.3, -0.25) is 9.59 Å². The fourth-order valence-corrected chi connectivity index (χ4v) is 3.20. The molecule has 0 aliphatic carbocycles. The van der Waals surface area contributed by atoms with Gasteiger partial charge in [0.25, 0.3) is 5.91 Å². The lowest BCUT2D eigenvalue weighted by Crippen LogP contribution is -2.27.